The number of aromatic nitrogens is 3. The summed E-state index contributed by atoms with van der Waals surface area (Å²) in [7, 11) is 1.97. The van der Waals surface area contributed by atoms with Crippen molar-refractivity contribution in [3.63, 3.8) is 0 Å². The van der Waals surface area contributed by atoms with Crippen LogP contribution < -0.4 is 11.1 Å². The predicted octanol–water partition coefficient (Wildman–Crippen LogP) is 2.93. The molecule has 3 N–H and O–H groups in total. The smallest absolute Gasteiger partial charge is 0.127 e. The van der Waals surface area contributed by atoms with Crippen molar-refractivity contribution >= 4 is 38.2 Å². The van der Waals surface area contributed by atoms with Crippen LogP contribution in [0, 0.1) is 0 Å². The fourth-order valence-electron chi connectivity index (χ4n) is 2.11. The van der Waals surface area contributed by atoms with E-state index in [0.717, 1.165) is 26.9 Å². The number of nitrogens with one attached hydrogen (secondary N) is 1. The second kappa shape index (κ2) is 5.13. The molecule has 6 heteroatoms. The van der Waals surface area contributed by atoms with Crippen molar-refractivity contribution in [3.8, 4) is 0 Å². The first kappa shape index (κ1) is 12.9. The first-order valence-corrected chi connectivity index (χ1v) is 6.98. The SMILES string of the molecule is Cn1ccnc1CNc1c(N)cnc2ccc(Br)cc12. The number of hydrogen-bond acceptors (Lipinski definition) is 4. The number of imidazole rings is 1. The van der Waals surface area contributed by atoms with Crippen molar-refractivity contribution < 1.29 is 0 Å². The lowest BCUT2D eigenvalue weighted by Crippen LogP contribution is -2.08. The molecule has 20 heavy (non-hydrogen) atoms. The Bertz CT molecular complexity index is 760. The van der Waals surface area contributed by atoms with Gasteiger partial charge in [0.05, 0.1) is 29.6 Å². The van der Waals surface area contributed by atoms with Gasteiger partial charge in [-0.1, -0.05) is 15.9 Å². The molecule has 0 atom stereocenters. The molecule has 3 aromatic rings. The molecule has 0 bridgehead atoms. The number of rotatable bonds is 3. The van der Waals surface area contributed by atoms with Gasteiger partial charge in [0.1, 0.15) is 5.82 Å². The van der Waals surface area contributed by atoms with Crippen molar-refractivity contribution in [2.75, 3.05) is 11.1 Å². The Balaban J connectivity index is 1.99. The van der Waals surface area contributed by atoms with E-state index >= 15 is 0 Å². The Morgan fingerprint density at radius 3 is 2.95 bits per heavy atom. The van der Waals surface area contributed by atoms with E-state index in [1.807, 2.05) is 36.0 Å². The zero-order valence-corrected chi connectivity index (χ0v) is 12.6. The van der Waals surface area contributed by atoms with Gasteiger partial charge < -0.3 is 15.6 Å². The summed E-state index contributed by atoms with van der Waals surface area (Å²) in [6, 6.07) is 5.94. The molecule has 2 heterocycles. The second-order valence-electron chi connectivity index (χ2n) is 4.56. The number of halogens is 1. The third kappa shape index (κ3) is 2.34. The number of fused-ring (bicyclic) bond motifs is 1. The number of anilines is 2. The quantitative estimate of drug-likeness (QED) is 0.774. The van der Waals surface area contributed by atoms with E-state index in [4.69, 9.17) is 5.73 Å². The number of nitrogens with zero attached hydrogens (tertiary/aromatic N) is 3. The van der Waals surface area contributed by atoms with Gasteiger partial charge in [0, 0.05) is 29.3 Å². The molecule has 0 unspecified atom stereocenters. The van der Waals surface area contributed by atoms with Crippen LogP contribution in [0.25, 0.3) is 10.9 Å². The molecule has 0 saturated carbocycles. The van der Waals surface area contributed by atoms with Gasteiger partial charge in [0.2, 0.25) is 0 Å². The van der Waals surface area contributed by atoms with Gasteiger partial charge in [0.15, 0.2) is 0 Å². The topological polar surface area (TPSA) is 68.8 Å². The van der Waals surface area contributed by atoms with Crippen molar-refractivity contribution in [3.05, 3.63) is 47.1 Å². The van der Waals surface area contributed by atoms with Crippen molar-refractivity contribution in [1.29, 1.82) is 0 Å². The Hall–Kier alpha value is -2.08. The van der Waals surface area contributed by atoms with Crippen molar-refractivity contribution in [1.82, 2.24) is 14.5 Å². The van der Waals surface area contributed by atoms with E-state index < -0.39 is 0 Å². The molecule has 1 aromatic carbocycles. The lowest BCUT2D eigenvalue weighted by atomic mass is 10.1. The normalized spacial score (nSPS) is 10.9. The highest BCUT2D eigenvalue weighted by atomic mass is 79.9. The number of pyridine rings is 1. The average molecular weight is 332 g/mol. The monoisotopic (exact) mass is 331 g/mol. The number of benzene rings is 1. The summed E-state index contributed by atoms with van der Waals surface area (Å²) in [6.45, 7) is 0.610. The number of aryl methyl sites for hydroxylation is 1. The molecule has 2 aromatic heterocycles. The molecule has 5 nitrogen and oxygen atoms in total. The van der Waals surface area contributed by atoms with Crippen LogP contribution in [0.4, 0.5) is 11.4 Å². The first-order valence-electron chi connectivity index (χ1n) is 6.19. The summed E-state index contributed by atoms with van der Waals surface area (Å²) in [5, 5.41) is 4.35. The lowest BCUT2D eigenvalue weighted by molar-refractivity contribution is 0.813. The fraction of sp³-hybridized carbons (Fsp3) is 0.143. The molecular weight excluding hydrogens is 318 g/mol. The van der Waals surface area contributed by atoms with Gasteiger partial charge in [-0.2, -0.15) is 0 Å². The molecule has 102 valence electrons. The zero-order valence-electron chi connectivity index (χ0n) is 11.0. The van der Waals surface area contributed by atoms with E-state index in [2.05, 4.69) is 31.2 Å². The minimum absolute atomic E-state index is 0.610. The average Bonchev–Trinajstić information content (AvgIpc) is 2.83. The Kier molecular flexibility index (Phi) is 3.31. The van der Waals surface area contributed by atoms with Gasteiger partial charge in [-0.3, -0.25) is 4.98 Å². The molecule has 0 aliphatic carbocycles. The van der Waals surface area contributed by atoms with E-state index in [1.165, 1.54) is 0 Å². The highest BCUT2D eigenvalue weighted by Gasteiger charge is 2.08. The van der Waals surface area contributed by atoms with Gasteiger partial charge in [-0.25, -0.2) is 4.98 Å². The highest BCUT2D eigenvalue weighted by molar-refractivity contribution is 9.10. The molecule has 0 aliphatic rings. The zero-order chi connectivity index (χ0) is 14.1. The van der Waals surface area contributed by atoms with Crippen LogP contribution in [0.1, 0.15) is 5.82 Å². The fourth-order valence-corrected chi connectivity index (χ4v) is 2.47. The van der Waals surface area contributed by atoms with Gasteiger partial charge >= 0.3 is 0 Å². The van der Waals surface area contributed by atoms with E-state index in [9.17, 15) is 0 Å². The summed E-state index contributed by atoms with van der Waals surface area (Å²) >= 11 is 3.48. The molecule has 3 rings (SSSR count). The maximum atomic E-state index is 6.05. The second-order valence-corrected chi connectivity index (χ2v) is 5.47. The molecule has 0 aliphatic heterocycles. The van der Waals surface area contributed by atoms with Crippen LogP contribution in [0.5, 0.6) is 0 Å². The molecule has 0 saturated heterocycles. The summed E-state index contributed by atoms with van der Waals surface area (Å²) in [6.07, 6.45) is 5.38. The predicted molar refractivity (Wildman–Crippen MR) is 84.4 cm³/mol. The number of nitrogen functional groups attached to an aromatic ring is 1. The molecule has 0 spiro atoms. The molecule has 0 fully saturated rings. The van der Waals surface area contributed by atoms with Crippen LogP contribution in [-0.2, 0) is 13.6 Å². The third-order valence-electron chi connectivity index (χ3n) is 3.20. The molecular formula is C14H14BrN5. The molecule has 0 amide bonds. The Labute approximate surface area is 125 Å². The van der Waals surface area contributed by atoms with Crippen LogP contribution in [-0.4, -0.2) is 14.5 Å². The maximum absolute atomic E-state index is 6.05. The maximum Gasteiger partial charge on any atom is 0.127 e. The highest BCUT2D eigenvalue weighted by Crippen LogP contribution is 2.30. The lowest BCUT2D eigenvalue weighted by Gasteiger charge is -2.12. The van der Waals surface area contributed by atoms with Crippen LogP contribution in [0.15, 0.2) is 41.3 Å². The van der Waals surface area contributed by atoms with Crippen LogP contribution in [0.2, 0.25) is 0 Å². The molecule has 0 radical (unpaired) electrons. The minimum atomic E-state index is 0.610. The van der Waals surface area contributed by atoms with Gasteiger partial charge in [0.25, 0.3) is 0 Å². The van der Waals surface area contributed by atoms with Crippen LogP contribution >= 0.6 is 15.9 Å². The minimum Gasteiger partial charge on any atom is -0.396 e. The summed E-state index contributed by atoms with van der Waals surface area (Å²) < 4.78 is 2.97. The van der Waals surface area contributed by atoms with Crippen LogP contribution in [0.3, 0.4) is 0 Å². The first-order chi connectivity index (χ1) is 9.65. The third-order valence-corrected chi connectivity index (χ3v) is 3.70. The van der Waals surface area contributed by atoms with E-state index in [0.29, 0.717) is 12.2 Å². The van der Waals surface area contributed by atoms with Crippen molar-refractivity contribution in [2.24, 2.45) is 7.05 Å². The number of nitrogens with two attached hydrogens (primary N) is 1. The Morgan fingerprint density at radius 1 is 1.35 bits per heavy atom. The van der Waals surface area contributed by atoms with E-state index in [1.54, 1.807) is 12.4 Å². The number of hydrogen-bond donors (Lipinski definition) is 2. The Morgan fingerprint density at radius 2 is 2.20 bits per heavy atom. The summed E-state index contributed by atoms with van der Waals surface area (Å²) in [4.78, 5) is 8.63. The van der Waals surface area contributed by atoms with Gasteiger partial charge in [-0.15, -0.1) is 0 Å². The summed E-state index contributed by atoms with van der Waals surface area (Å²) in [5.74, 6) is 0.948. The van der Waals surface area contributed by atoms with Crippen molar-refractivity contribution in [2.45, 2.75) is 6.54 Å². The summed E-state index contributed by atoms with van der Waals surface area (Å²) in [5.41, 5.74) is 8.47. The van der Waals surface area contributed by atoms with Gasteiger partial charge in [-0.05, 0) is 18.2 Å². The largest absolute Gasteiger partial charge is 0.396 e. The standard InChI is InChI=1S/C14H14BrN5/c1-20-5-4-17-13(20)8-19-14-10-6-9(15)2-3-12(10)18-7-11(14)16/h2-7H,8,16H2,1H3,(H,18,19). The van der Waals surface area contributed by atoms with E-state index in [-0.39, 0.29) is 0 Å².